The van der Waals surface area contributed by atoms with Crippen molar-refractivity contribution in [2.45, 2.75) is 68.2 Å². The number of rotatable bonds is 3. The average Bonchev–Trinajstić information content (AvgIpc) is 2.84. The third kappa shape index (κ3) is 4.70. The highest BCUT2D eigenvalue weighted by molar-refractivity contribution is 7.92. The van der Waals surface area contributed by atoms with Crippen LogP contribution in [0.4, 0.5) is 4.79 Å². The van der Waals surface area contributed by atoms with Crippen LogP contribution in [0.25, 0.3) is 0 Å². The second kappa shape index (κ2) is 6.51. The zero-order valence-corrected chi connectivity index (χ0v) is 14.9. The predicted octanol–water partition coefficient (Wildman–Crippen LogP) is 2.03. The van der Waals surface area contributed by atoms with Crippen LogP contribution in [0.5, 0.6) is 0 Å². The van der Waals surface area contributed by atoms with Gasteiger partial charge in [0.2, 0.25) is 0 Å². The van der Waals surface area contributed by atoms with Gasteiger partial charge in [0, 0.05) is 19.3 Å². The quantitative estimate of drug-likeness (QED) is 0.907. The van der Waals surface area contributed by atoms with Gasteiger partial charge in [-0.15, -0.1) is 0 Å². The first-order chi connectivity index (χ1) is 10.6. The van der Waals surface area contributed by atoms with Crippen LogP contribution in [-0.4, -0.2) is 41.2 Å². The van der Waals surface area contributed by atoms with Gasteiger partial charge in [-0.25, -0.2) is 13.2 Å². The van der Waals surface area contributed by atoms with Gasteiger partial charge < -0.3 is 10.1 Å². The van der Waals surface area contributed by atoms with Crippen molar-refractivity contribution in [3.8, 4) is 0 Å². The topological polar surface area (TPSA) is 90.3 Å². The highest BCUT2D eigenvalue weighted by Crippen LogP contribution is 2.28. The first-order valence-corrected chi connectivity index (χ1v) is 9.34. The molecule has 0 radical (unpaired) electrons. The standard InChI is InChI=1S/C15H25N3O4S/c1-15(2,3)22-14(19)17-11-5-7-12(8-6-11)23(20,21)13-9-16-18(4)10-13/h9-12H,5-8H2,1-4H3,(H,17,19). The lowest BCUT2D eigenvalue weighted by Gasteiger charge is -2.29. The number of carbonyl (C=O) groups excluding carboxylic acids is 1. The van der Waals surface area contributed by atoms with Crippen LogP contribution in [-0.2, 0) is 21.6 Å². The fourth-order valence-electron chi connectivity index (χ4n) is 2.73. The third-order valence-corrected chi connectivity index (χ3v) is 6.06. The number of aromatic nitrogens is 2. The van der Waals surface area contributed by atoms with E-state index in [-0.39, 0.29) is 10.9 Å². The molecule has 2 rings (SSSR count). The molecule has 0 atom stereocenters. The number of carbonyl (C=O) groups is 1. The number of sulfone groups is 1. The number of alkyl carbamates (subject to hydrolysis) is 1. The number of nitrogens with one attached hydrogen (secondary N) is 1. The van der Waals surface area contributed by atoms with E-state index in [9.17, 15) is 13.2 Å². The Kier molecular flexibility index (Phi) is 5.03. The Morgan fingerprint density at radius 1 is 1.30 bits per heavy atom. The molecular weight excluding hydrogens is 318 g/mol. The molecule has 130 valence electrons. The minimum atomic E-state index is -3.35. The van der Waals surface area contributed by atoms with E-state index in [1.807, 2.05) is 20.8 Å². The van der Waals surface area contributed by atoms with Crippen LogP contribution in [0.3, 0.4) is 0 Å². The molecule has 0 spiro atoms. The summed E-state index contributed by atoms with van der Waals surface area (Å²) in [5, 5.41) is 6.34. The summed E-state index contributed by atoms with van der Waals surface area (Å²) in [5.74, 6) is 0. The summed E-state index contributed by atoms with van der Waals surface area (Å²) in [6.45, 7) is 5.43. The largest absolute Gasteiger partial charge is 0.444 e. The highest BCUT2D eigenvalue weighted by Gasteiger charge is 2.33. The van der Waals surface area contributed by atoms with Crippen molar-refractivity contribution in [1.29, 1.82) is 0 Å². The van der Waals surface area contributed by atoms with Gasteiger partial charge >= 0.3 is 6.09 Å². The Morgan fingerprint density at radius 2 is 1.91 bits per heavy atom. The molecule has 1 saturated carbocycles. The molecule has 7 nitrogen and oxygen atoms in total. The molecule has 1 aromatic heterocycles. The minimum absolute atomic E-state index is 0.0369. The van der Waals surface area contributed by atoms with E-state index in [1.165, 1.54) is 17.1 Å². The van der Waals surface area contributed by atoms with E-state index in [2.05, 4.69) is 10.4 Å². The van der Waals surface area contributed by atoms with Crippen LogP contribution in [0, 0.1) is 0 Å². The predicted molar refractivity (Wildman–Crippen MR) is 85.8 cm³/mol. The maximum absolute atomic E-state index is 12.6. The fourth-order valence-corrected chi connectivity index (χ4v) is 4.50. The van der Waals surface area contributed by atoms with Crippen LogP contribution in [0.15, 0.2) is 17.3 Å². The van der Waals surface area contributed by atoms with E-state index >= 15 is 0 Å². The van der Waals surface area contributed by atoms with Gasteiger partial charge in [0.1, 0.15) is 10.5 Å². The smallest absolute Gasteiger partial charge is 0.407 e. The van der Waals surface area contributed by atoms with Crippen molar-refractivity contribution in [3.05, 3.63) is 12.4 Å². The number of hydrogen-bond donors (Lipinski definition) is 1. The van der Waals surface area contributed by atoms with Gasteiger partial charge in [-0.2, -0.15) is 5.10 Å². The number of hydrogen-bond acceptors (Lipinski definition) is 5. The second-order valence-corrected chi connectivity index (χ2v) is 9.24. The normalized spacial score (nSPS) is 22.6. The molecule has 1 aliphatic carbocycles. The van der Waals surface area contributed by atoms with Crippen molar-refractivity contribution >= 4 is 15.9 Å². The van der Waals surface area contributed by atoms with Crippen LogP contribution in [0.2, 0.25) is 0 Å². The van der Waals surface area contributed by atoms with Crippen LogP contribution >= 0.6 is 0 Å². The van der Waals surface area contributed by atoms with E-state index < -0.39 is 26.8 Å². The lowest BCUT2D eigenvalue weighted by molar-refractivity contribution is 0.0493. The Labute approximate surface area is 137 Å². The molecule has 1 N–H and O–H groups in total. The van der Waals surface area contributed by atoms with Crippen LogP contribution < -0.4 is 5.32 Å². The van der Waals surface area contributed by atoms with Crippen molar-refractivity contribution in [2.75, 3.05) is 0 Å². The fraction of sp³-hybridized carbons (Fsp3) is 0.733. The lowest BCUT2D eigenvalue weighted by atomic mass is 9.95. The summed E-state index contributed by atoms with van der Waals surface area (Å²) in [5.41, 5.74) is -0.537. The third-order valence-electron chi connectivity index (χ3n) is 3.84. The van der Waals surface area contributed by atoms with Crippen molar-refractivity contribution < 1.29 is 17.9 Å². The molecule has 0 aromatic carbocycles. The first-order valence-electron chi connectivity index (χ1n) is 7.80. The van der Waals surface area contributed by atoms with E-state index in [0.717, 1.165) is 0 Å². The number of amides is 1. The average molecular weight is 343 g/mol. The summed E-state index contributed by atoms with van der Waals surface area (Å²) < 4.78 is 31.8. The van der Waals surface area contributed by atoms with Gasteiger partial charge in [0.25, 0.3) is 0 Å². The van der Waals surface area contributed by atoms with E-state index in [1.54, 1.807) is 7.05 Å². The first kappa shape index (κ1) is 17.8. The number of nitrogens with zero attached hydrogens (tertiary/aromatic N) is 2. The molecule has 1 fully saturated rings. The Bertz CT molecular complexity index is 653. The van der Waals surface area contributed by atoms with Gasteiger partial charge in [-0.1, -0.05) is 0 Å². The SMILES string of the molecule is Cn1cc(S(=O)(=O)C2CCC(NC(=O)OC(C)(C)C)CC2)cn1. The maximum Gasteiger partial charge on any atom is 0.407 e. The monoisotopic (exact) mass is 343 g/mol. The molecule has 1 aromatic rings. The number of aryl methyl sites for hydroxylation is 1. The number of ether oxygens (including phenoxy) is 1. The molecule has 0 bridgehead atoms. The second-order valence-electron chi connectivity index (χ2n) is 7.01. The van der Waals surface area contributed by atoms with Crippen molar-refractivity contribution in [2.24, 2.45) is 7.05 Å². The maximum atomic E-state index is 12.6. The molecule has 0 unspecified atom stereocenters. The summed E-state index contributed by atoms with van der Waals surface area (Å²) in [7, 11) is -1.65. The summed E-state index contributed by atoms with van der Waals surface area (Å²) in [6.07, 6.45) is 4.78. The summed E-state index contributed by atoms with van der Waals surface area (Å²) >= 11 is 0. The Hall–Kier alpha value is -1.57. The Balaban J connectivity index is 1.90. The lowest BCUT2D eigenvalue weighted by Crippen LogP contribution is -2.42. The molecule has 23 heavy (non-hydrogen) atoms. The molecule has 1 amide bonds. The Morgan fingerprint density at radius 3 is 2.39 bits per heavy atom. The highest BCUT2D eigenvalue weighted by atomic mass is 32.2. The molecular formula is C15H25N3O4S. The van der Waals surface area contributed by atoms with E-state index in [4.69, 9.17) is 4.74 Å². The van der Waals surface area contributed by atoms with Crippen molar-refractivity contribution in [1.82, 2.24) is 15.1 Å². The zero-order chi connectivity index (χ0) is 17.3. The molecule has 8 heteroatoms. The molecule has 1 heterocycles. The molecule has 0 saturated heterocycles. The van der Waals surface area contributed by atoms with Gasteiger partial charge in [0.05, 0.1) is 11.4 Å². The van der Waals surface area contributed by atoms with Crippen molar-refractivity contribution in [3.63, 3.8) is 0 Å². The zero-order valence-electron chi connectivity index (χ0n) is 14.1. The van der Waals surface area contributed by atoms with Gasteiger partial charge in [-0.3, -0.25) is 4.68 Å². The van der Waals surface area contributed by atoms with Crippen LogP contribution in [0.1, 0.15) is 46.5 Å². The van der Waals surface area contributed by atoms with Gasteiger partial charge in [-0.05, 0) is 46.5 Å². The molecule has 0 aliphatic heterocycles. The van der Waals surface area contributed by atoms with Gasteiger partial charge in [0.15, 0.2) is 9.84 Å². The van der Waals surface area contributed by atoms with E-state index in [0.29, 0.717) is 25.7 Å². The molecule has 1 aliphatic rings. The summed E-state index contributed by atoms with van der Waals surface area (Å²) in [4.78, 5) is 12.0. The summed E-state index contributed by atoms with van der Waals surface area (Å²) in [6, 6.07) is -0.0369. The minimum Gasteiger partial charge on any atom is -0.444 e.